The summed E-state index contributed by atoms with van der Waals surface area (Å²) in [6.07, 6.45) is 2.19. The molecule has 0 spiro atoms. The van der Waals surface area contributed by atoms with Crippen LogP contribution in [0.4, 0.5) is 0 Å². The number of carbonyl (C=O) groups is 2. The molecular formula is C21H29N3O3. The van der Waals surface area contributed by atoms with Crippen molar-refractivity contribution >= 4 is 11.8 Å². The van der Waals surface area contributed by atoms with Crippen molar-refractivity contribution in [2.45, 2.75) is 19.4 Å². The molecule has 0 aromatic heterocycles. The van der Waals surface area contributed by atoms with Crippen LogP contribution in [0.15, 0.2) is 30.3 Å². The Morgan fingerprint density at radius 2 is 1.81 bits per heavy atom. The predicted molar refractivity (Wildman–Crippen MR) is 102 cm³/mol. The number of carbonyl (C=O) groups excluding carboxylic acids is 2. The molecule has 27 heavy (non-hydrogen) atoms. The Morgan fingerprint density at radius 3 is 2.56 bits per heavy atom. The molecule has 3 aliphatic heterocycles. The zero-order valence-corrected chi connectivity index (χ0v) is 16.1. The molecule has 4 rings (SSSR count). The summed E-state index contributed by atoms with van der Waals surface area (Å²) in [5.41, 5.74) is 0.639. The van der Waals surface area contributed by atoms with Crippen LogP contribution in [0.25, 0.3) is 0 Å². The molecule has 0 bridgehead atoms. The van der Waals surface area contributed by atoms with Crippen molar-refractivity contribution in [1.29, 1.82) is 0 Å². The second-order valence-corrected chi connectivity index (χ2v) is 8.30. The maximum atomic E-state index is 13.3. The third kappa shape index (κ3) is 3.60. The standard InChI is InChI=1S/C21H29N3O3/c1-22-11-18-12-24(19(25)14-27-13-17-7-3-2-4-8-17)16-21(18,15-22)20(26)23-9-5-6-10-23/h2-4,7-8,18H,5-6,9-16H2,1H3/t18-,21-/m0/s1. The highest BCUT2D eigenvalue weighted by atomic mass is 16.5. The van der Waals surface area contributed by atoms with Gasteiger partial charge >= 0.3 is 0 Å². The number of hydrogen-bond acceptors (Lipinski definition) is 4. The van der Waals surface area contributed by atoms with Gasteiger partial charge in [0.25, 0.3) is 0 Å². The van der Waals surface area contributed by atoms with Crippen LogP contribution in [0.5, 0.6) is 0 Å². The van der Waals surface area contributed by atoms with E-state index in [9.17, 15) is 9.59 Å². The summed E-state index contributed by atoms with van der Waals surface area (Å²) in [6.45, 7) is 5.07. The number of amides is 2. The van der Waals surface area contributed by atoms with E-state index in [1.54, 1.807) is 0 Å². The summed E-state index contributed by atoms with van der Waals surface area (Å²) >= 11 is 0. The van der Waals surface area contributed by atoms with Gasteiger partial charge in [-0.15, -0.1) is 0 Å². The van der Waals surface area contributed by atoms with Crippen molar-refractivity contribution in [1.82, 2.24) is 14.7 Å². The van der Waals surface area contributed by atoms with Gasteiger partial charge in [-0.1, -0.05) is 30.3 Å². The molecule has 146 valence electrons. The maximum Gasteiger partial charge on any atom is 0.248 e. The fourth-order valence-corrected chi connectivity index (χ4v) is 4.97. The molecule has 0 radical (unpaired) electrons. The minimum absolute atomic E-state index is 0.00317. The zero-order chi connectivity index (χ0) is 18.9. The highest BCUT2D eigenvalue weighted by Crippen LogP contribution is 2.44. The summed E-state index contributed by atoms with van der Waals surface area (Å²) in [5, 5.41) is 0. The molecule has 0 aliphatic carbocycles. The molecule has 2 amide bonds. The molecule has 3 saturated heterocycles. The van der Waals surface area contributed by atoms with Gasteiger partial charge in [0.15, 0.2) is 0 Å². The highest BCUT2D eigenvalue weighted by molar-refractivity contribution is 5.87. The Kier molecular flexibility index (Phi) is 5.19. The van der Waals surface area contributed by atoms with E-state index >= 15 is 0 Å². The summed E-state index contributed by atoms with van der Waals surface area (Å²) in [4.78, 5) is 32.1. The topological polar surface area (TPSA) is 53.1 Å². The second-order valence-electron chi connectivity index (χ2n) is 8.30. The molecule has 2 atom stereocenters. The molecule has 6 nitrogen and oxygen atoms in total. The van der Waals surface area contributed by atoms with Gasteiger partial charge in [-0.3, -0.25) is 9.59 Å². The lowest BCUT2D eigenvalue weighted by molar-refractivity contribution is -0.142. The van der Waals surface area contributed by atoms with Gasteiger partial charge in [0.05, 0.1) is 12.0 Å². The average molecular weight is 371 g/mol. The van der Waals surface area contributed by atoms with Crippen molar-refractivity contribution in [3.63, 3.8) is 0 Å². The minimum atomic E-state index is -0.422. The van der Waals surface area contributed by atoms with Gasteiger partial charge in [-0.2, -0.15) is 0 Å². The maximum absolute atomic E-state index is 13.3. The van der Waals surface area contributed by atoms with E-state index in [2.05, 4.69) is 11.9 Å². The predicted octanol–water partition coefficient (Wildman–Crippen LogP) is 1.22. The van der Waals surface area contributed by atoms with Crippen LogP contribution >= 0.6 is 0 Å². The number of ether oxygens (including phenoxy) is 1. The lowest BCUT2D eigenvalue weighted by atomic mass is 9.79. The van der Waals surface area contributed by atoms with E-state index in [0.29, 0.717) is 19.7 Å². The van der Waals surface area contributed by atoms with Crippen molar-refractivity contribution in [2.24, 2.45) is 11.3 Å². The summed E-state index contributed by atoms with van der Waals surface area (Å²) < 4.78 is 5.63. The fourth-order valence-electron chi connectivity index (χ4n) is 4.97. The van der Waals surface area contributed by atoms with E-state index in [-0.39, 0.29) is 24.3 Å². The van der Waals surface area contributed by atoms with Crippen LogP contribution < -0.4 is 0 Å². The first kappa shape index (κ1) is 18.4. The van der Waals surface area contributed by atoms with Crippen molar-refractivity contribution < 1.29 is 14.3 Å². The smallest absolute Gasteiger partial charge is 0.248 e. The molecule has 6 heteroatoms. The third-order valence-electron chi connectivity index (χ3n) is 6.29. The molecule has 3 aliphatic rings. The quantitative estimate of drug-likeness (QED) is 0.781. The van der Waals surface area contributed by atoms with Gasteiger partial charge in [-0.05, 0) is 25.5 Å². The van der Waals surface area contributed by atoms with E-state index in [4.69, 9.17) is 4.74 Å². The SMILES string of the molecule is CN1C[C@H]2CN(C(=O)COCc3ccccc3)C[C@@]2(C(=O)N2CCCC2)C1. The summed E-state index contributed by atoms with van der Waals surface area (Å²) in [7, 11) is 2.08. The van der Waals surface area contributed by atoms with Gasteiger partial charge in [0, 0.05) is 45.2 Å². The first-order chi connectivity index (χ1) is 13.1. The Bertz CT molecular complexity index is 689. The van der Waals surface area contributed by atoms with Gasteiger partial charge in [0.2, 0.25) is 11.8 Å². The Labute approximate surface area is 161 Å². The van der Waals surface area contributed by atoms with E-state index in [1.165, 1.54) is 0 Å². The number of fused-ring (bicyclic) bond motifs is 1. The average Bonchev–Trinajstić information content (AvgIpc) is 3.36. The second kappa shape index (κ2) is 7.60. The highest BCUT2D eigenvalue weighted by Gasteiger charge is 2.58. The fraction of sp³-hybridized carbons (Fsp3) is 0.619. The van der Waals surface area contributed by atoms with Crippen molar-refractivity contribution in [3.05, 3.63) is 35.9 Å². The largest absolute Gasteiger partial charge is 0.367 e. The lowest BCUT2D eigenvalue weighted by Crippen LogP contribution is -2.49. The van der Waals surface area contributed by atoms with Crippen LogP contribution in [-0.2, 0) is 20.9 Å². The number of hydrogen-bond donors (Lipinski definition) is 0. The van der Waals surface area contributed by atoms with Gasteiger partial charge in [-0.25, -0.2) is 0 Å². The molecule has 3 fully saturated rings. The molecule has 0 N–H and O–H groups in total. The Hall–Kier alpha value is -1.92. The first-order valence-corrected chi connectivity index (χ1v) is 9.96. The first-order valence-electron chi connectivity index (χ1n) is 9.96. The van der Waals surface area contributed by atoms with Crippen molar-refractivity contribution in [3.8, 4) is 0 Å². The van der Waals surface area contributed by atoms with Crippen LogP contribution in [0.2, 0.25) is 0 Å². The molecule has 1 aromatic rings. The molecule has 0 saturated carbocycles. The van der Waals surface area contributed by atoms with E-state index < -0.39 is 5.41 Å². The van der Waals surface area contributed by atoms with Crippen LogP contribution in [0.1, 0.15) is 18.4 Å². The monoisotopic (exact) mass is 371 g/mol. The minimum Gasteiger partial charge on any atom is -0.367 e. The number of rotatable bonds is 5. The van der Waals surface area contributed by atoms with Gasteiger partial charge < -0.3 is 19.4 Å². The Morgan fingerprint density at radius 1 is 1.07 bits per heavy atom. The summed E-state index contributed by atoms with van der Waals surface area (Å²) in [5.74, 6) is 0.486. The number of nitrogens with zero attached hydrogens (tertiary/aromatic N) is 3. The van der Waals surface area contributed by atoms with Crippen LogP contribution in [0.3, 0.4) is 0 Å². The van der Waals surface area contributed by atoms with Crippen molar-refractivity contribution in [2.75, 3.05) is 52.9 Å². The Balaban J connectivity index is 1.37. The van der Waals surface area contributed by atoms with E-state index in [0.717, 1.165) is 44.6 Å². The molecule has 0 unspecified atom stereocenters. The third-order valence-corrected chi connectivity index (χ3v) is 6.29. The molecule has 1 aromatic carbocycles. The lowest BCUT2D eigenvalue weighted by Gasteiger charge is -2.32. The van der Waals surface area contributed by atoms with Crippen LogP contribution in [-0.4, -0.2) is 79.4 Å². The molecule has 3 heterocycles. The summed E-state index contributed by atoms with van der Waals surface area (Å²) in [6, 6.07) is 9.87. The number of benzene rings is 1. The normalized spacial score (nSPS) is 28.0. The van der Waals surface area contributed by atoms with Crippen LogP contribution in [0, 0.1) is 11.3 Å². The van der Waals surface area contributed by atoms with E-state index in [1.807, 2.05) is 40.1 Å². The zero-order valence-electron chi connectivity index (χ0n) is 16.1. The van der Waals surface area contributed by atoms with Gasteiger partial charge in [0.1, 0.15) is 6.61 Å². The number of likely N-dealkylation sites (tertiary alicyclic amines) is 3. The molecular weight excluding hydrogens is 342 g/mol.